The van der Waals surface area contributed by atoms with Gasteiger partial charge in [0, 0.05) is 6.07 Å². The molecule has 21 heavy (non-hydrogen) atoms. The number of anilines is 1. The number of nitrogens with zero attached hydrogens (tertiary/aromatic N) is 4. The van der Waals surface area contributed by atoms with Crippen LogP contribution in [0.25, 0.3) is 0 Å². The van der Waals surface area contributed by atoms with Crippen LogP contribution in [0.4, 0.5) is 16.0 Å². The van der Waals surface area contributed by atoms with Gasteiger partial charge in [-0.15, -0.1) is 4.98 Å². The predicted octanol–water partition coefficient (Wildman–Crippen LogP) is 1.69. The van der Waals surface area contributed by atoms with Gasteiger partial charge >= 0.3 is 17.7 Å². The Bertz CT molecular complexity index is 682. The van der Waals surface area contributed by atoms with Crippen molar-refractivity contribution in [2.24, 2.45) is 0 Å². The highest BCUT2D eigenvalue weighted by Gasteiger charge is 2.21. The molecule has 2 rings (SSSR count). The number of nitrogens with two attached hydrogens (primary N) is 1. The summed E-state index contributed by atoms with van der Waals surface area (Å²) in [6.07, 6.45) is 0. The van der Waals surface area contributed by atoms with Gasteiger partial charge in [0.1, 0.15) is 0 Å². The minimum absolute atomic E-state index is 0.126. The molecule has 0 aliphatic rings. The third-order valence-electron chi connectivity index (χ3n) is 2.22. The van der Waals surface area contributed by atoms with E-state index in [0.29, 0.717) is 0 Å². The van der Waals surface area contributed by atoms with Crippen LogP contribution < -0.4 is 15.2 Å². The minimum atomic E-state index is -0.929. The average molecular weight is 295 g/mol. The number of benzene rings is 1. The fourth-order valence-electron chi connectivity index (χ4n) is 1.43. The lowest BCUT2D eigenvalue weighted by Gasteiger charge is -2.07. The Kier molecular flexibility index (Phi) is 4.07. The van der Waals surface area contributed by atoms with Crippen molar-refractivity contribution in [3.63, 3.8) is 0 Å². The second kappa shape index (κ2) is 5.94. The van der Waals surface area contributed by atoms with Crippen LogP contribution in [0.3, 0.4) is 0 Å². The first-order valence-corrected chi connectivity index (χ1v) is 5.76. The molecule has 1 aromatic heterocycles. The highest BCUT2D eigenvalue weighted by molar-refractivity contribution is 5.48. The number of para-hydroxylation sites is 1. The maximum Gasteiger partial charge on any atom is 0.330 e. The molecular formula is C11H10FN5O4. The number of ether oxygens (including phenoxy) is 2. The fraction of sp³-hybridized carbons (Fsp3) is 0.182. The SMILES string of the molecule is CCOc1nc(N)nc(Oc2c(F)cccc2[N+](=O)[O-])n1. The summed E-state index contributed by atoms with van der Waals surface area (Å²) >= 11 is 0. The molecule has 0 amide bonds. The zero-order valence-corrected chi connectivity index (χ0v) is 10.8. The van der Waals surface area contributed by atoms with E-state index in [9.17, 15) is 14.5 Å². The first kappa shape index (κ1) is 14.4. The molecule has 110 valence electrons. The predicted molar refractivity (Wildman–Crippen MR) is 68.5 cm³/mol. The third kappa shape index (κ3) is 3.29. The normalized spacial score (nSPS) is 10.2. The summed E-state index contributed by atoms with van der Waals surface area (Å²) < 4.78 is 23.7. The Morgan fingerprint density at radius 2 is 2.05 bits per heavy atom. The van der Waals surface area contributed by atoms with Crippen molar-refractivity contribution in [3.05, 3.63) is 34.1 Å². The molecule has 9 nitrogen and oxygen atoms in total. The lowest BCUT2D eigenvalue weighted by atomic mass is 10.3. The van der Waals surface area contributed by atoms with Crippen LogP contribution in [0.1, 0.15) is 6.92 Å². The Hall–Kier alpha value is -3.04. The summed E-state index contributed by atoms with van der Waals surface area (Å²) in [6, 6.07) is 2.76. The molecule has 2 aromatic rings. The molecule has 1 aromatic carbocycles. The zero-order valence-electron chi connectivity index (χ0n) is 10.8. The van der Waals surface area contributed by atoms with E-state index in [1.807, 2.05) is 0 Å². The molecule has 0 atom stereocenters. The van der Waals surface area contributed by atoms with E-state index < -0.39 is 28.2 Å². The van der Waals surface area contributed by atoms with Crippen molar-refractivity contribution in [1.82, 2.24) is 15.0 Å². The van der Waals surface area contributed by atoms with Crippen LogP contribution in [0, 0.1) is 15.9 Å². The van der Waals surface area contributed by atoms with E-state index in [-0.39, 0.29) is 18.6 Å². The van der Waals surface area contributed by atoms with E-state index in [0.717, 1.165) is 12.1 Å². The Labute approximate surface area is 117 Å². The van der Waals surface area contributed by atoms with Crippen LogP contribution >= 0.6 is 0 Å². The molecule has 2 N–H and O–H groups in total. The van der Waals surface area contributed by atoms with Crippen LogP contribution in [0.15, 0.2) is 18.2 Å². The number of halogens is 1. The molecule has 0 saturated carbocycles. The molecule has 0 aliphatic heterocycles. The molecule has 0 saturated heterocycles. The first-order valence-electron chi connectivity index (χ1n) is 5.76. The summed E-state index contributed by atoms with van der Waals surface area (Å²) in [5, 5.41) is 10.9. The first-order chi connectivity index (χ1) is 10.0. The van der Waals surface area contributed by atoms with Gasteiger partial charge in [-0.2, -0.15) is 9.97 Å². The molecule has 0 spiro atoms. The highest BCUT2D eigenvalue weighted by Crippen LogP contribution is 2.32. The number of aromatic nitrogens is 3. The molecule has 1 heterocycles. The number of nitro benzene ring substituents is 1. The molecule has 0 fully saturated rings. The summed E-state index contributed by atoms with van der Waals surface area (Å²) in [6.45, 7) is 1.96. The van der Waals surface area contributed by atoms with E-state index in [1.165, 1.54) is 6.07 Å². The van der Waals surface area contributed by atoms with Gasteiger partial charge in [0.05, 0.1) is 11.5 Å². The molecule has 0 unspecified atom stereocenters. The van der Waals surface area contributed by atoms with E-state index in [4.69, 9.17) is 15.2 Å². The molecule has 0 radical (unpaired) electrons. The standard InChI is InChI=1S/C11H10FN5O4/c1-2-20-10-14-9(13)15-11(16-10)21-8-6(12)4-3-5-7(8)17(18)19/h3-5H,2H2,1H3,(H2,13,14,15,16). The van der Waals surface area contributed by atoms with Crippen LogP contribution in [-0.4, -0.2) is 26.5 Å². The Balaban J connectivity index is 2.40. The number of hydrogen-bond acceptors (Lipinski definition) is 8. The van der Waals surface area contributed by atoms with Crippen LogP contribution in [0.2, 0.25) is 0 Å². The Morgan fingerprint density at radius 3 is 2.71 bits per heavy atom. The summed E-state index contributed by atoms with van der Waals surface area (Å²) in [4.78, 5) is 21.1. The van der Waals surface area contributed by atoms with Crippen LogP contribution in [0.5, 0.6) is 17.8 Å². The molecular weight excluding hydrogens is 285 g/mol. The minimum Gasteiger partial charge on any atom is -0.464 e. The van der Waals surface area contributed by atoms with Gasteiger partial charge in [-0.05, 0) is 13.0 Å². The zero-order chi connectivity index (χ0) is 15.4. The number of hydrogen-bond donors (Lipinski definition) is 1. The number of rotatable bonds is 5. The number of nitrogen functional groups attached to an aromatic ring is 1. The summed E-state index contributed by atoms with van der Waals surface area (Å²) in [5.41, 5.74) is 4.87. The lowest BCUT2D eigenvalue weighted by molar-refractivity contribution is -0.385. The van der Waals surface area contributed by atoms with Crippen LogP contribution in [-0.2, 0) is 0 Å². The van der Waals surface area contributed by atoms with Crippen molar-refractivity contribution >= 4 is 11.6 Å². The van der Waals surface area contributed by atoms with Crippen molar-refractivity contribution in [2.75, 3.05) is 12.3 Å². The van der Waals surface area contributed by atoms with Gasteiger partial charge in [-0.25, -0.2) is 4.39 Å². The van der Waals surface area contributed by atoms with Gasteiger partial charge in [-0.3, -0.25) is 10.1 Å². The highest BCUT2D eigenvalue weighted by atomic mass is 19.1. The van der Waals surface area contributed by atoms with Crippen molar-refractivity contribution in [3.8, 4) is 17.8 Å². The fourth-order valence-corrected chi connectivity index (χ4v) is 1.43. The Morgan fingerprint density at radius 1 is 1.33 bits per heavy atom. The van der Waals surface area contributed by atoms with E-state index in [1.54, 1.807) is 6.92 Å². The largest absolute Gasteiger partial charge is 0.464 e. The van der Waals surface area contributed by atoms with Crippen molar-refractivity contribution < 1.29 is 18.8 Å². The smallest absolute Gasteiger partial charge is 0.330 e. The summed E-state index contributed by atoms with van der Waals surface area (Å²) in [5.74, 6) is -1.76. The lowest BCUT2D eigenvalue weighted by Crippen LogP contribution is -2.06. The third-order valence-corrected chi connectivity index (χ3v) is 2.22. The van der Waals surface area contributed by atoms with E-state index in [2.05, 4.69) is 15.0 Å². The van der Waals surface area contributed by atoms with E-state index >= 15 is 0 Å². The maximum atomic E-state index is 13.7. The second-order valence-electron chi connectivity index (χ2n) is 3.64. The van der Waals surface area contributed by atoms with Crippen molar-refractivity contribution in [2.45, 2.75) is 6.92 Å². The summed E-state index contributed by atoms with van der Waals surface area (Å²) in [7, 11) is 0. The van der Waals surface area contributed by atoms with Gasteiger partial charge < -0.3 is 15.2 Å². The van der Waals surface area contributed by atoms with Gasteiger partial charge in [0.25, 0.3) is 0 Å². The molecule has 0 bridgehead atoms. The topological polar surface area (TPSA) is 126 Å². The molecule has 0 aliphatic carbocycles. The van der Waals surface area contributed by atoms with Crippen molar-refractivity contribution in [1.29, 1.82) is 0 Å². The average Bonchev–Trinajstić information content (AvgIpc) is 2.40. The molecule has 10 heteroatoms. The maximum absolute atomic E-state index is 13.7. The van der Waals surface area contributed by atoms with Gasteiger partial charge in [-0.1, -0.05) is 6.07 Å². The van der Waals surface area contributed by atoms with Gasteiger partial charge in [0.2, 0.25) is 11.7 Å². The second-order valence-corrected chi connectivity index (χ2v) is 3.64. The quantitative estimate of drug-likeness (QED) is 0.652. The van der Waals surface area contributed by atoms with Gasteiger partial charge in [0.15, 0.2) is 5.82 Å². The monoisotopic (exact) mass is 295 g/mol. The number of nitro groups is 1.